The number of esters is 1. The number of hydrogen-bond donors (Lipinski definition) is 1. The summed E-state index contributed by atoms with van der Waals surface area (Å²) >= 11 is 0. The lowest BCUT2D eigenvalue weighted by molar-refractivity contribution is -0.143. The number of rotatable bonds is 6. The van der Waals surface area contributed by atoms with Crippen LogP contribution in [0.1, 0.15) is 31.9 Å². The fourth-order valence-electron chi connectivity index (χ4n) is 2.22. The molecular weight excluding hydrogens is 258 g/mol. The summed E-state index contributed by atoms with van der Waals surface area (Å²) in [5.41, 5.74) is 1.00. The molecule has 1 aromatic carbocycles. The molecule has 1 heterocycles. The normalized spacial score (nSPS) is 14.7. The molecule has 5 heteroatoms. The van der Waals surface area contributed by atoms with E-state index in [0.29, 0.717) is 26.2 Å². The van der Waals surface area contributed by atoms with Crippen LogP contribution in [0.15, 0.2) is 18.2 Å². The van der Waals surface area contributed by atoms with Crippen molar-refractivity contribution in [1.29, 1.82) is 0 Å². The first-order chi connectivity index (χ1) is 9.74. The van der Waals surface area contributed by atoms with Crippen molar-refractivity contribution in [2.24, 2.45) is 0 Å². The van der Waals surface area contributed by atoms with Gasteiger partial charge in [-0.1, -0.05) is 13.0 Å². The summed E-state index contributed by atoms with van der Waals surface area (Å²) in [4.78, 5) is 11.7. The van der Waals surface area contributed by atoms with E-state index < -0.39 is 0 Å². The maximum atomic E-state index is 11.7. The summed E-state index contributed by atoms with van der Waals surface area (Å²) in [5, 5.41) is 3.30. The first-order valence-corrected chi connectivity index (χ1v) is 7.03. The Kier molecular flexibility index (Phi) is 5.24. The van der Waals surface area contributed by atoms with E-state index in [0.717, 1.165) is 23.6 Å². The highest BCUT2D eigenvalue weighted by atomic mass is 16.6. The Balaban J connectivity index is 2.13. The minimum atomic E-state index is -0.201. The summed E-state index contributed by atoms with van der Waals surface area (Å²) in [6, 6.07) is 5.70. The van der Waals surface area contributed by atoms with Crippen LogP contribution < -0.4 is 14.8 Å². The third-order valence-electron chi connectivity index (χ3n) is 3.10. The molecular formula is C15H21NO4. The molecule has 1 aliphatic heterocycles. The maximum absolute atomic E-state index is 11.7. The zero-order chi connectivity index (χ0) is 14.4. The molecule has 0 radical (unpaired) electrons. The summed E-state index contributed by atoms with van der Waals surface area (Å²) in [7, 11) is 0. The Bertz CT molecular complexity index is 461. The highest BCUT2D eigenvalue weighted by Crippen LogP contribution is 2.33. The summed E-state index contributed by atoms with van der Waals surface area (Å²) in [5.74, 6) is 1.29. The van der Waals surface area contributed by atoms with E-state index >= 15 is 0 Å². The van der Waals surface area contributed by atoms with E-state index in [9.17, 15) is 4.79 Å². The smallest absolute Gasteiger partial charge is 0.307 e. The van der Waals surface area contributed by atoms with E-state index in [1.165, 1.54) is 0 Å². The second-order valence-corrected chi connectivity index (χ2v) is 4.52. The van der Waals surface area contributed by atoms with Crippen molar-refractivity contribution in [2.75, 3.05) is 26.4 Å². The van der Waals surface area contributed by atoms with Crippen molar-refractivity contribution in [3.63, 3.8) is 0 Å². The topological polar surface area (TPSA) is 56.8 Å². The largest absolute Gasteiger partial charge is 0.486 e. The minimum Gasteiger partial charge on any atom is -0.486 e. The van der Waals surface area contributed by atoms with Gasteiger partial charge in [-0.25, -0.2) is 0 Å². The molecule has 0 saturated heterocycles. The van der Waals surface area contributed by atoms with Crippen molar-refractivity contribution in [2.45, 2.75) is 26.3 Å². The molecule has 2 rings (SSSR count). The molecule has 1 unspecified atom stereocenters. The van der Waals surface area contributed by atoms with Crippen LogP contribution in [0.5, 0.6) is 11.5 Å². The summed E-state index contributed by atoms with van der Waals surface area (Å²) in [6.07, 6.45) is 0.307. The lowest BCUT2D eigenvalue weighted by Crippen LogP contribution is -2.25. The van der Waals surface area contributed by atoms with Gasteiger partial charge in [-0.05, 0) is 31.2 Å². The Morgan fingerprint density at radius 1 is 1.30 bits per heavy atom. The molecule has 1 aliphatic rings. The van der Waals surface area contributed by atoms with Gasteiger partial charge >= 0.3 is 5.97 Å². The van der Waals surface area contributed by atoms with Crippen molar-refractivity contribution in [3.8, 4) is 11.5 Å². The molecule has 1 aromatic rings. The van der Waals surface area contributed by atoms with Gasteiger partial charge in [-0.3, -0.25) is 4.79 Å². The first-order valence-electron chi connectivity index (χ1n) is 7.03. The molecule has 0 amide bonds. The van der Waals surface area contributed by atoms with E-state index in [1.54, 1.807) is 0 Å². The second kappa shape index (κ2) is 7.14. The number of fused-ring (bicyclic) bond motifs is 1. The van der Waals surface area contributed by atoms with Crippen LogP contribution >= 0.6 is 0 Å². The molecule has 0 aromatic heterocycles. The number of ether oxygens (including phenoxy) is 3. The number of carbonyl (C=O) groups is 1. The molecule has 0 fully saturated rings. The van der Waals surface area contributed by atoms with Crippen molar-refractivity contribution in [1.82, 2.24) is 5.32 Å². The van der Waals surface area contributed by atoms with Gasteiger partial charge in [0.1, 0.15) is 13.2 Å². The fraction of sp³-hybridized carbons (Fsp3) is 0.533. The van der Waals surface area contributed by atoms with Gasteiger partial charge in [0.25, 0.3) is 0 Å². The van der Waals surface area contributed by atoms with E-state index in [4.69, 9.17) is 14.2 Å². The molecule has 1 atom stereocenters. The molecule has 0 saturated carbocycles. The van der Waals surface area contributed by atoms with Crippen LogP contribution in [0.4, 0.5) is 0 Å². The van der Waals surface area contributed by atoms with Gasteiger partial charge in [-0.15, -0.1) is 0 Å². The van der Waals surface area contributed by atoms with Gasteiger partial charge in [0, 0.05) is 6.04 Å². The SMILES string of the molecule is CCNC(CC(=O)OCC)c1ccc2c(c1)OCCO2. The third kappa shape index (κ3) is 3.63. The minimum absolute atomic E-state index is 0.0742. The van der Waals surface area contributed by atoms with Gasteiger partial charge in [0.05, 0.1) is 13.0 Å². The highest BCUT2D eigenvalue weighted by Gasteiger charge is 2.19. The molecule has 110 valence electrons. The number of hydrogen-bond acceptors (Lipinski definition) is 5. The lowest BCUT2D eigenvalue weighted by Gasteiger charge is -2.22. The number of nitrogens with one attached hydrogen (secondary N) is 1. The van der Waals surface area contributed by atoms with Crippen molar-refractivity contribution < 1.29 is 19.0 Å². The Hall–Kier alpha value is -1.75. The number of carbonyl (C=O) groups excluding carboxylic acids is 1. The maximum Gasteiger partial charge on any atom is 0.307 e. The standard InChI is InChI=1S/C15H21NO4/c1-3-16-12(10-15(17)18-4-2)11-5-6-13-14(9-11)20-8-7-19-13/h5-6,9,12,16H,3-4,7-8,10H2,1-2H3. The molecule has 0 aliphatic carbocycles. The van der Waals surface area contributed by atoms with Crippen LogP contribution in [0.25, 0.3) is 0 Å². The average molecular weight is 279 g/mol. The Morgan fingerprint density at radius 3 is 2.75 bits per heavy atom. The van der Waals surface area contributed by atoms with Gasteiger partial charge in [0.2, 0.25) is 0 Å². The van der Waals surface area contributed by atoms with Gasteiger partial charge < -0.3 is 19.5 Å². The molecule has 0 spiro atoms. The zero-order valence-electron chi connectivity index (χ0n) is 12.0. The first kappa shape index (κ1) is 14.7. The van der Waals surface area contributed by atoms with Crippen LogP contribution in [-0.2, 0) is 9.53 Å². The van der Waals surface area contributed by atoms with Gasteiger partial charge in [0.15, 0.2) is 11.5 Å². The molecule has 0 bridgehead atoms. The van der Waals surface area contributed by atoms with Crippen molar-refractivity contribution in [3.05, 3.63) is 23.8 Å². The van der Waals surface area contributed by atoms with Crippen LogP contribution in [-0.4, -0.2) is 32.3 Å². The second-order valence-electron chi connectivity index (χ2n) is 4.52. The third-order valence-corrected chi connectivity index (χ3v) is 3.10. The lowest BCUT2D eigenvalue weighted by atomic mass is 10.0. The zero-order valence-corrected chi connectivity index (χ0v) is 12.0. The highest BCUT2D eigenvalue weighted by molar-refractivity contribution is 5.70. The average Bonchev–Trinajstić information content (AvgIpc) is 2.46. The molecule has 5 nitrogen and oxygen atoms in total. The number of benzene rings is 1. The van der Waals surface area contributed by atoms with E-state index in [2.05, 4.69) is 5.32 Å². The van der Waals surface area contributed by atoms with Crippen LogP contribution in [0, 0.1) is 0 Å². The monoisotopic (exact) mass is 279 g/mol. The quantitative estimate of drug-likeness (QED) is 0.808. The summed E-state index contributed by atoms with van der Waals surface area (Å²) < 4.78 is 16.1. The van der Waals surface area contributed by atoms with Gasteiger partial charge in [-0.2, -0.15) is 0 Å². The van der Waals surface area contributed by atoms with Crippen molar-refractivity contribution >= 4 is 5.97 Å². The van der Waals surface area contributed by atoms with Crippen LogP contribution in [0.3, 0.4) is 0 Å². The fourth-order valence-corrected chi connectivity index (χ4v) is 2.22. The predicted octanol–water partition coefficient (Wildman–Crippen LogP) is 2.06. The molecule has 20 heavy (non-hydrogen) atoms. The van der Waals surface area contributed by atoms with Crippen LogP contribution in [0.2, 0.25) is 0 Å². The Morgan fingerprint density at radius 2 is 2.05 bits per heavy atom. The molecule has 1 N–H and O–H groups in total. The summed E-state index contributed by atoms with van der Waals surface area (Å²) in [6.45, 7) is 6.13. The Labute approximate surface area is 119 Å². The van der Waals surface area contributed by atoms with E-state index in [1.807, 2.05) is 32.0 Å². The predicted molar refractivity (Wildman–Crippen MR) is 75.1 cm³/mol. The van der Waals surface area contributed by atoms with E-state index in [-0.39, 0.29) is 12.0 Å².